The van der Waals surface area contributed by atoms with Gasteiger partial charge in [0.05, 0.1) is 18.2 Å². The summed E-state index contributed by atoms with van der Waals surface area (Å²) < 4.78 is 5.01. The molecular formula is C10H15NO3. The normalized spacial score (nSPS) is 12.5. The molecule has 4 nitrogen and oxygen atoms in total. The van der Waals surface area contributed by atoms with Crippen molar-refractivity contribution in [1.82, 2.24) is 5.32 Å². The van der Waals surface area contributed by atoms with Gasteiger partial charge in [-0.3, -0.25) is 4.79 Å². The third-order valence-electron chi connectivity index (χ3n) is 2.04. The van der Waals surface area contributed by atoms with Gasteiger partial charge in [-0.1, -0.05) is 6.92 Å². The number of rotatable bonds is 4. The number of aliphatic hydroxyl groups is 1. The first-order chi connectivity index (χ1) is 6.67. The lowest BCUT2D eigenvalue weighted by atomic mass is 10.2. The first-order valence-electron chi connectivity index (χ1n) is 4.64. The maximum Gasteiger partial charge on any atom is 0.254 e. The van der Waals surface area contributed by atoms with Crippen molar-refractivity contribution in [3.05, 3.63) is 23.7 Å². The quantitative estimate of drug-likeness (QED) is 0.759. The Balaban J connectivity index is 2.58. The lowest BCUT2D eigenvalue weighted by Gasteiger charge is -2.12. The van der Waals surface area contributed by atoms with E-state index in [1.165, 1.54) is 6.26 Å². The monoisotopic (exact) mass is 197 g/mol. The molecule has 0 bridgehead atoms. The van der Waals surface area contributed by atoms with E-state index < -0.39 is 0 Å². The third-order valence-corrected chi connectivity index (χ3v) is 2.04. The molecule has 1 aromatic heterocycles. The Bertz CT molecular complexity index is 302. The second-order valence-corrected chi connectivity index (χ2v) is 3.21. The van der Waals surface area contributed by atoms with Gasteiger partial charge in [-0.15, -0.1) is 0 Å². The summed E-state index contributed by atoms with van der Waals surface area (Å²) in [5.74, 6) is 0.495. The van der Waals surface area contributed by atoms with E-state index in [1.807, 2.05) is 6.92 Å². The Morgan fingerprint density at radius 2 is 2.43 bits per heavy atom. The first kappa shape index (κ1) is 10.8. The van der Waals surface area contributed by atoms with Crippen LogP contribution in [0.15, 0.2) is 16.7 Å². The number of nitrogens with one attached hydrogen (secondary N) is 1. The maximum absolute atomic E-state index is 11.5. The van der Waals surface area contributed by atoms with Crippen molar-refractivity contribution in [2.24, 2.45) is 0 Å². The fraction of sp³-hybridized carbons (Fsp3) is 0.500. The summed E-state index contributed by atoms with van der Waals surface area (Å²) in [6, 6.07) is 1.48. The van der Waals surface area contributed by atoms with Gasteiger partial charge in [0.1, 0.15) is 12.0 Å². The standard InChI is InChI=1S/C10H15NO3/c1-3-9(5-12)11-10(13)8-4-7(2)14-6-8/h4,6,9,12H,3,5H2,1-2H3,(H,11,13). The number of aryl methyl sites for hydroxylation is 1. The van der Waals surface area contributed by atoms with Crippen LogP contribution in [0.1, 0.15) is 29.5 Å². The van der Waals surface area contributed by atoms with Gasteiger partial charge in [0.15, 0.2) is 0 Å². The molecule has 1 amide bonds. The third kappa shape index (κ3) is 2.60. The van der Waals surface area contributed by atoms with E-state index in [9.17, 15) is 4.79 Å². The largest absolute Gasteiger partial charge is 0.469 e. The number of furan rings is 1. The number of carbonyl (C=O) groups excluding carboxylic acids is 1. The average molecular weight is 197 g/mol. The van der Waals surface area contributed by atoms with Crippen molar-refractivity contribution in [2.45, 2.75) is 26.3 Å². The van der Waals surface area contributed by atoms with Crippen LogP contribution in [0, 0.1) is 6.92 Å². The number of carbonyl (C=O) groups is 1. The predicted molar refractivity (Wildman–Crippen MR) is 52.1 cm³/mol. The molecule has 0 spiro atoms. The van der Waals surface area contributed by atoms with Crippen molar-refractivity contribution in [2.75, 3.05) is 6.61 Å². The fourth-order valence-electron chi connectivity index (χ4n) is 1.11. The first-order valence-corrected chi connectivity index (χ1v) is 4.64. The van der Waals surface area contributed by atoms with E-state index in [1.54, 1.807) is 13.0 Å². The molecule has 1 unspecified atom stereocenters. The zero-order valence-corrected chi connectivity index (χ0v) is 8.41. The molecule has 0 aromatic carbocycles. The van der Waals surface area contributed by atoms with Crippen molar-refractivity contribution in [3.63, 3.8) is 0 Å². The Labute approximate surface area is 82.9 Å². The summed E-state index contributed by atoms with van der Waals surface area (Å²) in [6.45, 7) is 3.64. The van der Waals surface area contributed by atoms with Gasteiger partial charge < -0.3 is 14.8 Å². The molecule has 0 saturated heterocycles. The number of hydrogen-bond donors (Lipinski definition) is 2. The molecule has 2 N–H and O–H groups in total. The number of hydrogen-bond acceptors (Lipinski definition) is 3. The minimum absolute atomic E-state index is 0.0426. The maximum atomic E-state index is 11.5. The summed E-state index contributed by atoms with van der Waals surface area (Å²) in [5, 5.41) is 11.6. The van der Waals surface area contributed by atoms with Crippen molar-refractivity contribution in [1.29, 1.82) is 0 Å². The molecule has 0 fully saturated rings. The Kier molecular flexibility index (Phi) is 3.71. The summed E-state index contributed by atoms with van der Waals surface area (Å²) in [6.07, 6.45) is 2.12. The lowest BCUT2D eigenvalue weighted by molar-refractivity contribution is 0.0914. The molecule has 14 heavy (non-hydrogen) atoms. The van der Waals surface area contributed by atoms with Crippen molar-refractivity contribution in [3.8, 4) is 0 Å². The molecule has 0 aliphatic heterocycles. The molecule has 1 rings (SSSR count). The van der Waals surface area contributed by atoms with Crippen LogP contribution in [-0.2, 0) is 0 Å². The smallest absolute Gasteiger partial charge is 0.254 e. The van der Waals surface area contributed by atoms with Crippen molar-refractivity contribution >= 4 is 5.91 Å². The molecule has 1 aromatic rings. The fourth-order valence-corrected chi connectivity index (χ4v) is 1.11. The van der Waals surface area contributed by atoms with Crippen LogP contribution in [0.25, 0.3) is 0 Å². The highest BCUT2D eigenvalue weighted by molar-refractivity contribution is 5.94. The minimum Gasteiger partial charge on any atom is -0.469 e. The molecule has 1 heterocycles. The van der Waals surface area contributed by atoms with E-state index >= 15 is 0 Å². The van der Waals surface area contributed by atoms with Gasteiger partial charge in [-0.25, -0.2) is 0 Å². The molecule has 1 atom stereocenters. The SMILES string of the molecule is CCC(CO)NC(=O)c1coc(C)c1. The van der Waals surface area contributed by atoms with Crippen LogP contribution in [0.4, 0.5) is 0 Å². The van der Waals surface area contributed by atoms with Gasteiger partial charge in [0.2, 0.25) is 0 Å². The van der Waals surface area contributed by atoms with Crippen molar-refractivity contribution < 1.29 is 14.3 Å². The van der Waals surface area contributed by atoms with E-state index in [-0.39, 0.29) is 18.6 Å². The summed E-state index contributed by atoms with van der Waals surface area (Å²) in [4.78, 5) is 11.5. The summed E-state index contributed by atoms with van der Waals surface area (Å²) in [5.41, 5.74) is 0.495. The van der Waals surface area contributed by atoms with E-state index in [0.717, 1.165) is 0 Å². The number of aliphatic hydroxyl groups excluding tert-OH is 1. The predicted octanol–water partition coefficient (Wildman–Crippen LogP) is 1.09. The van der Waals surface area contributed by atoms with Gasteiger partial charge in [-0.05, 0) is 19.4 Å². The van der Waals surface area contributed by atoms with E-state index in [0.29, 0.717) is 17.7 Å². The van der Waals surface area contributed by atoms with Crippen LogP contribution in [0.5, 0.6) is 0 Å². The zero-order valence-electron chi connectivity index (χ0n) is 8.41. The summed E-state index contributed by atoms with van der Waals surface area (Å²) >= 11 is 0. The van der Waals surface area contributed by atoms with E-state index in [4.69, 9.17) is 9.52 Å². The van der Waals surface area contributed by atoms with Gasteiger partial charge in [0.25, 0.3) is 5.91 Å². The molecule has 0 radical (unpaired) electrons. The average Bonchev–Trinajstić information content (AvgIpc) is 2.61. The van der Waals surface area contributed by atoms with Crippen LogP contribution in [0.2, 0.25) is 0 Å². The molecular weight excluding hydrogens is 182 g/mol. The Morgan fingerprint density at radius 3 is 2.86 bits per heavy atom. The van der Waals surface area contributed by atoms with Crippen LogP contribution in [0.3, 0.4) is 0 Å². The Morgan fingerprint density at radius 1 is 1.71 bits per heavy atom. The van der Waals surface area contributed by atoms with Crippen LogP contribution < -0.4 is 5.32 Å². The lowest BCUT2D eigenvalue weighted by Crippen LogP contribution is -2.36. The highest BCUT2D eigenvalue weighted by Gasteiger charge is 2.12. The molecule has 0 aliphatic rings. The Hall–Kier alpha value is -1.29. The van der Waals surface area contributed by atoms with E-state index in [2.05, 4.69) is 5.32 Å². The molecule has 0 saturated carbocycles. The molecule has 78 valence electrons. The minimum atomic E-state index is -0.206. The highest BCUT2D eigenvalue weighted by atomic mass is 16.3. The second-order valence-electron chi connectivity index (χ2n) is 3.21. The molecule has 0 aliphatic carbocycles. The highest BCUT2D eigenvalue weighted by Crippen LogP contribution is 2.06. The second kappa shape index (κ2) is 4.81. The van der Waals surface area contributed by atoms with Gasteiger partial charge in [0, 0.05) is 0 Å². The molecule has 4 heteroatoms. The van der Waals surface area contributed by atoms with Gasteiger partial charge in [-0.2, -0.15) is 0 Å². The topological polar surface area (TPSA) is 62.5 Å². The summed E-state index contributed by atoms with van der Waals surface area (Å²) in [7, 11) is 0. The van der Waals surface area contributed by atoms with Gasteiger partial charge >= 0.3 is 0 Å². The zero-order chi connectivity index (χ0) is 10.6. The van der Waals surface area contributed by atoms with Crippen LogP contribution >= 0.6 is 0 Å². The number of amides is 1. The van der Waals surface area contributed by atoms with Crippen LogP contribution in [-0.4, -0.2) is 23.7 Å².